The van der Waals surface area contributed by atoms with Crippen molar-refractivity contribution in [1.29, 1.82) is 0 Å². The van der Waals surface area contributed by atoms with E-state index in [9.17, 15) is 9.59 Å². The van der Waals surface area contributed by atoms with Gasteiger partial charge in [0.2, 0.25) is 0 Å². The van der Waals surface area contributed by atoms with Gasteiger partial charge >= 0.3 is 12.2 Å². The molecule has 0 bridgehead atoms. The van der Waals surface area contributed by atoms with Crippen molar-refractivity contribution in [2.45, 2.75) is 0 Å². The minimum Gasteiger partial charge on any atom is -0.435 e. The number of rotatable bonds is 3. The summed E-state index contributed by atoms with van der Waals surface area (Å²) in [6.07, 6.45) is -2.81. The summed E-state index contributed by atoms with van der Waals surface area (Å²) < 4.78 is 3.52. The van der Waals surface area contributed by atoms with Crippen LogP contribution in [0.5, 0.6) is 0 Å². The first-order valence-electron chi connectivity index (χ1n) is 3.26. The lowest BCUT2D eigenvalue weighted by Crippen LogP contribution is -2.54. The van der Waals surface area contributed by atoms with E-state index in [1.165, 1.54) is 7.11 Å². The SMILES string of the molecule is COCC[N+](C)(C(=O)O)C(=O)O. The van der Waals surface area contributed by atoms with Crippen molar-refractivity contribution in [2.75, 3.05) is 27.3 Å². The van der Waals surface area contributed by atoms with Crippen LogP contribution in [0.2, 0.25) is 0 Å². The zero-order valence-corrected chi connectivity index (χ0v) is 6.98. The summed E-state index contributed by atoms with van der Waals surface area (Å²) in [5, 5.41) is 17.1. The van der Waals surface area contributed by atoms with Crippen LogP contribution >= 0.6 is 0 Å². The number of methoxy groups -OCH3 is 1. The molecule has 0 aromatic heterocycles. The van der Waals surface area contributed by atoms with Crippen molar-refractivity contribution < 1.29 is 29.0 Å². The lowest BCUT2D eigenvalue weighted by molar-refractivity contribution is -0.763. The molecule has 0 radical (unpaired) electrons. The molecule has 12 heavy (non-hydrogen) atoms. The Kier molecular flexibility index (Phi) is 3.65. The van der Waals surface area contributed by atoms with Gasteiger partial charge in [0.25, 0.3) is 0 Å². The number of imide groups is 1. The van der Waals surface area contributed by atoms with Crippen LogP contribution < -0.4 is 0 Å². The average molecular weight is 178 g/mol. The van der Waals surface area contributed by atoms with Crippen molar-refractivity contribution in [3.05, 3.63) is 0 Å². The quantitative estimate of drug-likeness (QED) is 0.612. The van der Waals surface area contributed by atoms with E-state index in [4.69, 9.17) is 10.2 Å². The molecule has 6 nitrogen and oxygen atoms in total. The van der Waals surface area contributed by atoms with Gasteiger partial charge in [0.15, 0.2) is 0 Å². The summed E-state index contributed by atoms with van der Waals surface area (Å²) >= 11 is 0. The van der Waals surface area contributed by atoms with E-state index in [-0.39, 0.29) is 13.2 Å². The van der Waals surface area contributed by atoms with Crippen LogP contribution in [0, 0.1) is 0 Å². The molecule has 0 unspecified atom stereocenters. The predicted octanol–water partition coefficient (Wildman–Crippen LogP) is 0.435. The molecule has 0 aromatic carbocycles. The molecule has 0 aliphatic rings. The van der Waals surface area contributed by atoms with Gasteiger partial charge in [-0.2, -0.15) is 9.59 Å². The Morgan fingerprint density at radius 1 is 1.33 bits per heavy atom. The second-order valence-electron chi connectivity index (χ2n) is 2.47. The molecule has 0 spiro atoms. The number of ether oxygens (including phenoxy) is 1. The zero-order chi connectivity index (χ0) is 9.78. The molecule has 0 heterocycles. The van der Waals surface area contributed by atoms with Crippen molar-refractivity contribution in [3.8, 4) is 0 Å². The molecule has 0 fully saturated rings. The van der Waals surface area contributed by atoms with E-state index in [0.29, 0.717) is 0 Å². The fourth-order valence-electron chi connectivity index (χ4n) is 0.547. The van der Waals surface area contributed by atoms with Gasteiger partial charge in [-0.05, 0) is 0 Å². The molecule has 0 aliphatic heterocycles. The highest BCUT2D eigenvalue weighted by molar-refractivity contribution is 5.73. The molecule has 2 amide bonds. The highest BCUT2D eigenvalue weighted by atomic mass is 16.5. The van der Waals surface area contributed by atoms with Crippen molar-refractivity contribution in [1.82, 2.24) is 0 Å². The van der Waals surface area contributed by atoms with Gasteiger partial charge < -0.3 is 14.9 Å². The third kappa shape index (κ3) is 2.18. The Balaban J connectivity index is 4.40. The van der Waals surface area contributed by atoms with Crippen molar-refractivity contribution in [2.24, 2.45) is 0 Å². The third-order valence-corrected chi connectivity index (χ3v) is 1.59. The minimum atomic E-state index is -1.40. The highest BCUT2D eigenvalue weighted by Gasteiger charge is 2.40. The molecule has 0 saturated heterocycles. The van der Waals surface area contributed by atoms with Crippen molar-refractivity contribution >= 4 is 12.2 Å². The molecule has 0 saturated carbocycles. The minimum absolute atomic E-state index is 0.0924. The van der Waals surface area contributed by atoms with E-state index in [1.54, 1.807) is 0 Å². The Labute approximate surface area is 69.6 Å². The highest BCUT2D eigenvalue weighted by Crippen LogP contribution is 2.03. The second kappa shape index (κ2) is 4.03. The third-order valence-electron chi connectivity index (χ3n) is 1.59. The van der Waals surface area contributed by atoms with E-state index >= 15 is 0 Å². The fourth-order valence-corrected chi connectivity index (χ4v) is 0.547. The summed E-state index contributed by atoms with van der Waals surface area (Å²) in [5.74, 6) is 0. The normalized spacial score (nSPS) is 11.2. The van der Waals surface area contributed by atoms with Crippen LogP contribution in [-0.2, 0) is 4.74 Å². The average Bonchev–Trinajstić information content (AvgIpc) is 1.99. The van der Waals surface area contributed by atoms with Crippen LogP contribution in [0.3, 0.4) is 0 Å². The smallest absolute Gasteiger partial charge is 0.435 e. The van der Waals surface area contributed by atoms with Gasteiger partial charge in [-0.3, -0.25) is 0 Å². The molecule has 0 aromatic rings. The largest absolute Gasteiger partial charge is 0.524 e. The number of nitrogens with zero attached hydrogens (tertiary/aromatic N) is 1. The van der Waals surface area contributed by atoms with E-state index in [2.05, 4.69) is 4.74 Å². The molecule has 0 rings (SSSR count). The Morgan fingerprint density at radius 3 is 2.00 bits per heavy atom. The zero-order valence-electron chi connectivity index (χ0n) is 6.98. The Morgan fingerprint density at radius 2 is 1.75 bits per heavy atom. The topological polar surface area (TPSA) is 83.8 Å². The molecular weight excluding hydrogens is 166 g/mol. The number of hydrogen-bond acceptors (Lipinski definition) is 3. The van der Waals surface area contributed by atoms with E-state index in [1.807, 2.05) is 0 Å². The first kappa shape index (κ1) is 10.9. The summed E-state index contributed by atoms with van der Waals surface area (Å²) in [4.78, 5) is 21.0. The van der Waals surface area contributed by atoms with Crippen molar-refractivity contribution in [3.63, 3.8) is 0 Å². The van der Waals surface area contributed by atoms with Crippen LogP contribution in [0.1, 0.15) is 0 Å². The standard InChI is InChI=1S/C6H11NO5/c1-7(5(8)9,6(10)11)3-4-12-2/h3-4H2,1-2H3,(H-,8,9,10,11)/p+1. The maximum absolute atomic E-state index is 10.5. The number of carbonyl (C=O) groups is 2. The van der Waals surface area contributed by atoms with Crippen LogP contribution in [0.25, 0.3) is 0 Å². The van der Waals surface area contributed by atoms with Gasteiger partial charge in [0.05, 0.1) is 13.7 Å². The second-order valence-corrected chi connectivity index (χ2v) is 2.47. The summed E-state index contributed by atoms with van der Waals surface area (Å²) in [6.45, 7) is -0.00370. The van der Waals surface area contributed by atoms with Gasteiger partial charge in [0, 0.05) is 7.11 Å². The molecule has 0 atom stereocenters. The molecule has 2 N–H and O–H groups in total. The van der Waals surface area contributed by atoms with Gasteiger partial charge in [-0.1, -0.05) is 0 Å². The van der Waals surface area contributed by atoms with E-state index in [0.717, 1.165) is 7.05 Å². The number of hydrogen-bond donors (Lipinski definition) is 2. The number of quaternary nitrogens is 1. The number of carboxylic acid groups (broad SMARTS) is 2. The lowest BCUT2D eigenvalue weighted by atomic mass is 10.5. The first-order chi connectivity index (χ1) is 5.45. The molecular formula is C6H12NO5+. The fraction of sp³-hybridized carbons (Fsp3) is 0.667. The maximum atomic E-state index is 10.5. The summed E-state index contributed by atoms with van der Waals surface area (Å²) in [6, 6.07) is 0. The van der Waals surface area contributed by atoms with Crippen LogP contribution in [-0.4, -0.2) is 54.2 Å². The summed E-state index contributed by atoms with van der Waals surface area (Å²) in [7, 11) is 2.48. The summed E-state index contributed by atoms with van der Waals surface area (Å²) in [5.41, 5.74) is 0. The van der Waals surface area contributed by atoms with Crippen LogP contribution in [0.15, 0.2) is 0 Å². The Hall–Kier alpha value is -1.14. The van der Waals surface area contributed by atoms with Gasteiger partial charge in [0.1, 0.15) is 6.54 Å². The first-order valence-corrected chi connectivity index (χ1v) is 3.26. The molecule has 0 aliphatic carbocycles. The van der Waals surface area contributed by atoms with Crippen LogP contribution in [0.4, 0.5) is 9.59 Å². The monoisotopic (exact) mass is 178 g/mol. The Bertz CT molecular complexity index is 176. The van der Waals surface area contributed by atoms with Gasteiger partial charge in [-0.25, -0.2) is 0 Å². The van der Waals surface area contributed by atoms with Gasteiger partial charge in [-0.15, -0.1) is 4.48 Å². The number of likely N-dealkylation sites (N-methyl/N-ethyl adjacent to an activating group) is 1. The van der Waals surface area contributed by atoms with E-state index < -0.39 is 16.7 Å². The number of amides is 2. The maximum Gasteiger partial charge on any atom is 0.524 e. The molecule has 70 valence electrons. The molecule has 6 heteroatoms. The predicted molar refractivity (Wildman–Crippen MR) is 39.0 cm³/mol. The lowest BCUT2D eigenvalue weighted by Gasteiger charge is -2.20.